The van der Waals surface area contributed by atoms with Gasteiger partial charge in [-0.05, 0) is 0 Å². The Hall–Kier alpha value is -1.65. The average molecular weight is 484 g/mol. The van der Waals surface area contributed by atoms with Crippen molar-refractivity contribution < 1.29 is 28.9 Å². The van der Waals surface area contributed by atoms with Gasteiger partial charge in [-0.2, -0.15) is 0 Å². The molecule has 6 nitrogen and oxygen atoms in total. The minimum absolute atomic E-state index is 0.262. The van der Waals surface area contributed by atoms with Gasteiger partial charge in [-0.25, -0.2) is 0 Å². The molecule has 23 heavy (non-hydrogen) atoms. The van der Waals surface area contributed by atoms with Gasteiger partial charge in [0, 0.05) is 0 Å². The Morgan fingerprint density at radius 1 is 1.48 bits per heavy atom. The summed E-state index contributed by atoms with van der Waals surface area (Å²) in [5.74, 6) is -0.101. The van der Waals surface area contributed by atoms with Crippen LogP contribution in [0.3, 0.4) is 0 Å². The third-order valence-electron chi connectivity index (χ3n) is 3.80. The van der Waals surface area contributed by atoms with Gasteiger partial charge in [0.15, 0.2) is 0 Å². The van der Waals surface area contributed by atoms with Gasteiger partial charge < -0.3 is 0 Å². The molecule has 0 aliphatic heterocycles. The first-order valence-corrected chi connectivity index (χ1v) is 8.70. The van der Waals surface area contributed by atoms with Crippen LogP contribution in [0.25, 0.3) is 0 Å². The quantitative estimate of drug-likeness (QED) is 0.519. The second kappa shape index (κ2) is 7.28. The Kier molecular flexibility index (Phi) is 5.60. The molecule has 0 atom stereocenters. The summed E-state index contributed by atoms with van der Waals surface area (Å²) >= 11 is 1.25. The predicted octanol–water partition coefficient (Wildman–Crippen LogP) is 1.50. The fraction of sp³-hybridized carbons (Fsp3) is 0.375. The Balaban J connectivity index is 2.29. The molecule has 0 unspecified atom stereocenters. The number of rotatable bonds is 4. The molecule has 1 aliphatic rings. The number of aryl methyl sites for hydroxylation is 2. The summed E-state index contributed by atoms with van der Waals surface area (Å²) in [6.07, 6.45) is 5.68. The van der Waals surface area contributed by atoms with E-state index in [-0.39, 0.29) is 11.7 Å². The number of carbonyl (C=O) groups excluding carboxylic acids is 1. The third kappa shape index (κ3) is 3.82. The molecule has 0 saturated carbocycles. The number of ether oxygens (including phenoxy) is 1. The van der Waals surface area contributed by atoms with Gasteiger partial charge in [0.2, 0.25) is 0 Å². The zero-order valence-electron chi connectivity index (χ0n) is 13.7. The molecule has 122 valence electrons. The van der Waals surface area contributed by atoms with Crippen LogP contribution in [-0.4, -0.2) is 32.7 Å². The van der Waals surface area contributed by atoms with Crippen molar-refractivity contribution >= 4 is 15.8 Å². The SMILES string of the molecule is CO[C](=[W])C1=CCCC(C(N)=NC(=O)c2c(C)c(C)nn2C)=C1. The third-order valence-corrected chi connectivity index (χ3v) is 5.25. The van der Waals surface area contributed by atoms with E-state index in [4.69, 9.17) is 10.5 Å². The molecule has 7 heteroatoms. The maximum atomic E-state index is 12.4. The van der Waals surface area contributed by atoms with E-state index < -0.39 is 0 Å². The Morgan fingerprint density at radius 2 is 2.17 bits per heavy atom. The van der Waals surface area contributed by atoms with Crippen LogP contribution < -0.4 is 5.73 Å². The van der Waals surface area contributed by atoms with E-state index in [0.29, 0.717) is 5.69 Å². The Bertz CT molecular complexity index is 756. The molecule has 0 bridgehead atoms. The zero-order chi connectivity index (χ0) is 17.1. The van der Waals surface area contributed by atoms with E-state index in [0.717, 1.165) is 39.3 Å². The number of nitrogens with zero attached hydrogens (tertiary/aromatic N) is 3. The fourth-order valence-electron chi connectivity index (χ4n) is 2.46. The molecule has 1 aliphatic carbocycles. The van der Waals surface area contributed by atoms with Crippen molar-refractivity contribution in [1.82, 2.24) is 9.78 Å². The standard InChI is InChI=1S/C16H20N4O2.W/c1-10-11(2)19-20(3)14(10)16(21)18-15(17)13-7-5-6-12(8-13)9-22-4;/h6,8H,5,7H2,1-4H3,(H2,17,18,21);. The van der Waals surface area contributed by atoms with Crippen LogP contribution in [0, 0.1) is 13.8 Å². The van der Waals surface area contributed by atoms with E-state index in [1.807, 2.05) is 19.9 Å². The van der Waals surface area contributed by atoms with Crippen LogP contribution in [0.4, 0.5) is 0 Å². The second-order valence-electron chi connectivity index (χ2n) is 5.34. The number of nitrogens with two attached hydrogens (primary N) is 1. The molecular formula is C16H20N4O2W. The number of methoxy groups -OCH3 is 1. The predicted molar refractivity (Wildman–Crippen MR) is 86.1 cm³/mol. The molecule has 1 amide bonds. The first-order chi connectivity index (χ1) is 10.8. The number of hydrogen-bond donors (Lipinski definition) is 1. The molecule has 0 spiro atoms. The summed E-state index contributed by atoms with van der Waals surface area (Å²) in [4.78, 5) is 16.5. The number of aromatic nitrogens is 2. The molecule has 1 heterocycles. The second-order valence-corrected chi connectivity index (χ2v) is 6.68. The summed E-state index contributed by atoms with van der Waals surface area (Å²) in [7, 11) is 3.39. The molecule has 1 aromatic heterocycles. The Morgan fingerprint density at radius 3 is 2.74 bits per heavy atom. The molecular weight excluding hydrogens is 464 g/mol. The summed E-state index contributed by atoms with van der Waals surface area (Å²) in [6.45, 7) is 3.73. The average Bonchev–Trinajstić information content (AvgIpc) is 2.79. The van der Waals surface area contributed by atoms with Gasteiger partial charge in [0.05, 0.1) is 0 Å². The van der Waals surface area contributed by atoms with Crippen molar-refractivity contribution in [3.05, 3.63) is 40.2 Å². The normalized spacial score (nSPS) is 15.2. The van der Waals surface area contributed by atoms with Gasteiger partial charge in [-0.15, -0.1) is 0 Å². The van der Waals surface area contributed by atoms with Gasteiger partial charge in [0.1, 0.15) is 0 Å². The van der Waals surface area contributed by atoms with Crippen LogP contribution in [0.1, 0.15) is 34.6 Å². The first-order valence-electron chi connectivity index (χ1n) is 7.23. The van der Waals surface area contributed by atoms with E-state index in [1.54, 1.807) is 18.8 Å². The maximum absolute atomic E-state index is 12.4. The summed E-state index contributed by atoms with van der Waals surface area (Å²) < 4.78 is 7.74. The summed E-state index contributed by atoms with van der Waals surface area (Å²) in [6, 6.07) is 0. The number of carbonyl (C=O) groups is 1. The first kappa shape index (κ1) is 17.7. The molecule has 2 rings (SSSR count). The van der Waals surface area contributed by atoms with Crippen molar-refractivity contribution in [3.8, 4) is 0 Å². The van der Waals surface area contributed by atoms with Gasteiger partial charge in [0.25, 0.3) is 0 Å². The van der Waals surface area contributed by atoms with Gasteiger partial charge in [-0.3, -0.25) is 0 Å². The minimum atomic E-state index is -0.363. The monoisotopic (exact) mass is 484 g/mol. The molecule has 1 aromatic rings. The molecule has 0 radical (unpaired) electrons. The van der Waals surface area contributed by atoms with Gasteiger partial charge in [-0.1, -0.05) is 0 Å². The van der Waals surface area contributed by atoms with Gasteiger partial charge >= 0.3 is 146 Å². The number of allylic oxidation sites excluding steroid dienone is 1. The fourth-order valence-corrected chi connectivity index (χ4v) is 2.97. The van der Waals surface area contributed by atoms with Crippen molar-refractivity contribution in [1.29, 1.82) is 0 Å². The summed E-state index contributed by atoms with van der Waals surface area (Å²) in [5.41, 5.74) is 10.1. The van der Waals surface area contributed by atoms with E-state index >= 15 is 0 Å². The number of amidine groups is 1. The molecule has 0 saturated heterocycles. The van der Waals surface area contributed by atoms with Crippen molar-refractivity contribution in [2.45, 2.75) is 26.7 Å². The molecule has 0 aromatic carbocycles. The summed E-state index contributed by atoms with van der Waals surface area (Å²) in [5, 5.41) is 4.24. The van der Waals surface area contributed by atoms with Crippen molar-refractivity contribution in [2.75, 3.05) is 7.11 Å². The number of aliphatic imine (C=N–C) groups is 1. The van der Waals surface area contributed by atoms with Crippen LogP contribution in [0.2, 0.25) is 0 Å². The molecule has 0 fully saturated rings. The van der Waals surface area contributed by atoms with Crippen LogP contribution in [0.5, 0.6) is 0 Å². The van der Waals surface area contributed by atoms with E-state index in [2.05, 4.69) is 16.2 Å². The van der Waals surface area contributed by atoms with Crippen molar-refractivity contribution in [2.24, 2.45) is 17.8 Å². The van der Waals surface area contributed by atoms with Crippen LogP contribution in [0.15, 0.2) is 28.3 Å². The van der Waals surface area contributed by atoms with E-state index in [1.165, 1.54) is 19.4 Å². The van der Waals surface area contributed by atoms with E-state index in [9.17, 15) is 4.79 Å². The number of amides is 1. The Labute approximate surface area is 146 Å². The molecule has 2 N–H and O–H groups in total. The van der Waals surface area contributed by atoms with Crippen LogP contribution in [-0.2, 0) is 31.1 Å². The van der Waals surface area contributed by atoms with Crippen molar-refractivity contribution in [3.63, 3.8) is 0 Å². The topological polar surface area (TPSA) is 82.5 Å². The van der Waals surface area contributed by atoms with Crippen LogP contribution >= 0.6 is 0 Å². The zero-order valence-corrected chi connectivity index (χ0v) is 16.6. The number of hydrogen-bond acceptors (Lipinski definition) is 3.